The zero-order valence-corrected chi connectivity index (χ0v) is 22.1. The number of rotatable bonds is 10. The largest absolute Gasteiger partial charge is 0.352 e. The highest BCUT2D eigenvalue weighted by Crippen LogP contribution is 2.25. The molecule has 35 heavy (non-hydrogen) atoms. The molecule has 0 aliphatic rings. The quantitative estimate of drug-likeness (QED) is 0.315. The SMILES string of the molecule is CC[C@H](C)NC(=O)[C@H](Cc1ccccc1)N(Cc1ccc(Cl)c(Cl)c1)C(=O)Cc1ccc(Cl)cc1. The van der Waals surface area contributed by atoms with Crippen molar-refractivity contribution in [2.45, 2.75) is 51.7 Å². The highest BCUT2D eigenvalue weighted by atomic mass is 35.5. The van der Waals surface area contributed by atoms with Crippen molar-refractivity contribution in [3.63, 3.8) is 0 Å². The molecule has 0 spiro atoms. The summed E-state index contributed by atoms with van der Waals surface area (Å²) in [4.78, 5) is 28.8. The molecule has 0 aliphatic carbocycles. The van der Waals surface area contributed by atoms with Crippen molar-refractivity contribution in [2.75, 3.05) is 0 Å². The number of carbonyl (C=O) groups excluding carboxylic acids is 2. The average Bonchev–Trinajstić information content (AvgIpc) is 2.85. The van der Waals surface area contributed by atoms with E-state index in [-0.39, 0.29) is 30.8 Å². The third-order valence-electron chi connectivity index (χ3n) is 5.88. The fraction of sp³-hybridized carbons (Fsp3) is 0.286. The maximum atomic E-state index is 13.7. The van der Waals surface area contributed by atoms with Crippen LogP contribution in [0.15, 0.2) is 72.8 Å². The number of benzene rings is 3. The fourth-order valence-electron chi connectivity index (χ4n) is 3.71. The Hall–Kier alpha value is -2.53. The van der Waals surface area contributed by atoms with Gasteiger partial charge in [0.15, 0.2) is 0 Å². The van der Waals surface area contributed by atoms with Crippen molar-refractivity contribution >= 4 is 46.6 Å². The molecule has 0 saturated heterocycles. The monoisotopic (exact) mass is 530 g/mol. The summed E-state index contributed by atoms with van der Waals surface area (Å²) >= 11 is 18.4. The predicted molar refractivity (Wildman–Crippen MR) is 144 cm³/mol. The van der Waals surface area contributed by atoms with E-state index in [4.69, 9.17) is 34.8 Å². The van der Waals surface area contributed by atoms with Crippen LogP contribution in [0, 0.1) is 0 Å². The molecule has 3 aromatic carbocycles. The van der Waals surface area contributed by atoms with Crippen LogP contribution in [0.2, 0.25) is 15.1 Å². The minimum absolute atomic E-state index is 0.0148. The Morgan fingerprint density at radius 3 is 2.14 bits per heavy atom. The summed E-state index contributed by atoms with van der Waals surface area (Å²) in [5.41, 5.74) is 2.58. The summed E-state index contributed by atoms with van der Waals surface area (Å²) in [6.07, 6.45) is 1.31. The molecule has 2 atom stereocenters. The van der Waals surface area contributed by atoms with Gasteiger partial charge in [0.1, 0.15) is 6.04 Å². The third kappa shape index (κ3) is 7.99. The maximum Gasteiger partial charge on any atom is 0.243 e. The van der Waals surface area contributed by atoms with Crippen molar-refractivity contribution in [3.8, 4) is 0 Å². The molecule has 0 aliphatic heterocycles. The molecule has 0 radical (unpaired) electrons. The maximum absolute atomic E-state index is 13.7. The number of halogens is 3. The summed E-state index contributed by atoms with van der Waals surface area (Å²) in [6.45, 7) is 4.18. The number of amides is 2. The van der Waals surface area contributed by atoms with E-state index in [0.717, 1.165) is 23.1 Å². The standard InChI is InChI=1S/C28H29Cl3N2O2/c1-3-19(2)32-28(35)26(16-20-7-5-4-6-8-20)33(18-22-11-14-24(30)25(31)15-22)27(34)17-21-9-12-23(29)13-10-21/h4-15,19,26H,3,16-18H2,1-2H3,(H,32,35)/t19-,26-/m0/s1. The average molecular weight is 532 g/mol. The molecule has 0 saturated carbocycles. The van der Waals surface area contributed by atoms with E-state index >= 15 is 0 Å². The van der Waals surface area contributed by atoms with E-state index in [2.05, 4.69) is 5.32 Å². The van der Waals surface area contributed by atoms with Crippen LogP contribution in [-0.4, -0.2) is 28.8 Å². The predicted octanol–water partition coefficient (Wildman–Crippen LogP) is 6.74. The van der Waals surface area contributed by atoms with E-state index in [0.29, 0.717) is 21.5 Å². The van der Waals surface area contributed by atoms with Crippen LogP contribution in [0.1, 0.15) is 37.0 Å². The Bertz CT molecular complexity index is 1140. The molecule has 184 valence electrons. The summed E-state index contributed by atoms with van der Waals surface area (Å²) < 4.78 is 0. The van der Waals surface area contributed by atoms with Gasteiger partial charge in [-0.2, -0.15) is 0 Å². The first-order chi connectivity index (χ1) is 16.8. The van der Waals surface area contributed by atoms with Crippen molar-refractivity contribution in [3.05, 3.63) is 105 Å². The first kappa shape index (κ1) is 27.1. The van der Waals surface area contributed by atoms with Crippen LogP contribution in [-0.2, 0) is 29.0 Å². The van der Waals surface area contributed by atoms with E-state index in [9.17, 15) is 9.59 Å². The lowest BCUT2D eigenvalue weighted by atomic mass is 10.0. The first-order valence-electron chi connectivity index (χ1n) is 11.6. The van der Waals surface area contributed by atoms with Crippen molar-refractivity contribution in [2.24, 2.45) is 0 Å². The molecule has 3 aromatic rings. The van der Waals surface area contributed by atoms with Gasteiger partial charge in [0.25, 0.3) is 0 Å². The van der Waals surface area contributed by atoms with Crippen LogP contribution in [0.5, 0.6) is 0 Å². The number of nitrogens with zero attached hydrogens (tertiary/aromatic N) is 1. The van der Waals surface area contributed by atoms with Crippen LogP contribution < -0.4 is 5.32 Å². The summed E-state index contributed by atoms with van der Waals surface area (Å²) in [5.74, 6) is -0.355. The van der Waals surface area contributed by atoms with Gasteiger partial charge in [-0.25, -0.2) is 0 Å². The summed E-state index contributed by atoms with van der Waals surface area (Å²) in [5, 5.41) is 4.50. The molecule has 3 rings (SSSR count). The lowest BCUT2D eigenvalue weighted by Gasteiger charge is -2.32. The number of carbonyl (C=O) groups is 2. The molecule has 0 heterocycles. The number of hydrogen-bond acceptors (Lipinski definition) is 2. The molecule has 1 N–H and O–H groups in total. The highest BCUT2D eigenvalue weighted by molar-refractivity contribution is 6.42. The van der Waals surface area contributed by atoms with Crippen molar-refractivity contribution < 1.29 is 9.59 Å². The van der Waals surface area contributed by atoms with Gasteiger partial charge < -0.3 is 10.2 Å². The van der Waals surface area contributed by atoms with Crippen molar-refractivity contribution in [1.29, 1.82) is 0 Å². The van der Waals surface area contributed by atoms with Gasteiger partial charge in [0, 0.05) is 24.0 Å². The molecule has 2 amide bonds. The van der Waals surface area contributed by atoms with Gasteiger partial charge in [-0.3, -0.25) is 9.59 Å². The zero-order valence-electron chi connectivity index (χ0n) is 19.8. The zero-order chi connectivity index (χ0) is 25.4. The normalized spacial score (nSPS) is 12.6. The summed E-state index contributed by atoms with van der Waals surface area (Å²) in [7, 11) is 0. The highest BCUT2D eigenvalue weighted by Gasteiger charge is 2.31. The lowest BCUT2D eigenvalue weighted by Crippen LogP contribution is -2.52. The minimum atomic E-state index is -0.708. The Kier molecular flexibility index (Phi) is 10.0. The van der Waals surface area contributed by atoms with E-state index < -0.39 is 6.04 Å². The van der Waals surface area contributed by atoms with Gasteiger partial charge in [-0.15, -0.1) is 0 Å². The van der Waals surface area contributed by atoms with Crippen LogP contribution >= 0.6 is 34.8 Å². The molecule has 0 unspecified atom stereocenters. The van der Waals surface area contributed by atoms with Crippen LogP contribution in [0.25, 0.3) is 0 Å². The smallest absolute Gasteiger partial charge is 0.243 e. The van der Waals surface area contributed by atoms with Crippen LogP contribution in [0.3, 0.4) is 0 Å². The topological polar surface area (TPSA) is 49.4 Å². The lowest BCUT2D eigenvalue weighted by molar-refractivity contribution is -0.141. The summed E-state index contributed by atoms with van der Waals surface area (Å²) in [6, 6.07) is 21.4. The number of hydrogen-bond donors (Lipinski definition) is 1. The Morgan fingerprint density at radius 2 is 1.51 bits per heavy atom. The second kappa shape index (κ2) is 13.0. The van der Waals surface area contributed by atoms with Crippen molar-refractivity contribution in [1.82, 2.24) is 10.2 Å². The molecule has 0 fully saturated rings. The van der Waals surface area contributed by atoms with Gasteiger partial charge in [0.2, 0.25) is 11.8 Å². The Labute approximate surface area is 222 Å². The minimum Gasteiger partial charge on any atom is -0.352 e. The van der Waals surface area contributed by atoms with Gasteiger partial charge in [0.05, 0.1) is 16.5 Å². The second-order valence-electron chi connectivity index (χ2n) is 8.60. The van der Waals surface area contributed by atoms with Gasteiger partial charge in [-0.05, 0) is 54.3 Å². The molecule has 0 bridgehead atoms. The fourth-order valence-corrected chi connectivity index (χ4v) is 4.15. The number of nitrogens with one attached hydrogen (secondary N) is 1. The molecule has 7 heteroatoms. The second-order valence-corrected chi connectivity index (χ2v) is 9.85. The van der Waals surface area contributed by atoms with E-state index in [1.165, 1.54) is 0 Å². The molecule has 0 aromatic heterocycles. The molecule has 4 nitrogen and oxygen atoms in total. The first-order valence-corrected chi connectivity index (χ1v) is 12.7. The van der Waals surface area contributed by atoms with Gasteiger partial charge >= 0.3 is 0 Å². The van der Waals surface area contributed by atoms with Crippen LogP contribution in [0.4, 0.5) is 0 Å². The Morgan fingerprint density at radius 1 is 0.857 bits per heavy atom. The third-order valence-corrected chi connectivity index (χ3v) is 6.87. The molecular formula is C28H29Cl3N2O2. The van der Waals surface area contributed by atoms with Gasteiger partial charge in [-0.1, -0.05) is 90.3 Å². The van der Waals surface area contributed by atoms with E-state index in [1.807, 2.05) is 62.4 Å². The van der Waals surface area contributed by atoms with E-state index in [1.54, 1.807) is 29.2 Å². The Balaban J connectivity index is 1.98. The molecular weight excluding hydrogens is 503 g/mol.